The molecule has 1 atom stereocenters. The molecule has 1 amide bonds. The molecule has 2 rings (SSSR count). The number of amides is 1. The van der Waals surface area contributed by atoms with E-state index in [9.17, 15) is 14.9 Å². The average molecular weight is 267 g/mol. The van der Waals surface area contributed by atoms with Crippen LogP contribution in [0.4, 0.5) is 5.82 Å². The lowest BCUT2D eigenvalue weighted by atomic mass is 10.1. The molecule has 0 aliphatic carbocycles. The summed E-state index contributed by atoms with van der Waals surface area (Å²) in [6, 6.07) is 2.83. The molecule has 1 N–H and O–H groups in total. The van der Waals surface area contributed by atoms with Crippen LogP contribution in [0.2, 0.25) is 0 Å². The number of aromatic nitrogens is 1. The van der Waals surface area contributed by atoms with Crippen LogP contribution >= 0.6 is 0 Å². The van der Waals surface area contributed by atoms with Crippen molar-refractivity contribution in [1.82, 2.24) is 9.47 Å². The van der Waals surface area contributed by atoms with E-state index < -0.39 is 4.92 Å². The Morgan fingerprint density at radius 3 is 2.89 bits per heavy atom. The summed E-state index contributed by atoms with van der Waals surface area (Å²) >= 11 is 0. The summed E-state index contributed by atoms with van der Waals surface area (Å²) < 4.78 is 1.31. The molecule has 0 saturated carbocycles. The fraction of sp³-hybridized carbons (Fsp3) is 0.583. The van der Waals surface area contributed by atoms with E-state index in [0.717, 1.165) is 6.42 Å². The number of carbonyl (C=O) groups excluding carboxylic acids is 1. The second-order valence-electron chi connectivity index (χ2n) is 4.81. The van der Waals surface area contributed by atoms with E-state index in [2.05, 4.69) is 0 Å². The molecule has 1 unspecified atom stereocenters. The van der Waals surface area contributed by atoms with Gasteiger partial charge in [0.25, 0.3) is 5.91 Å². The third kappa shape index (κ3) is 2.60. The Morgan fingerprint density at radius 1 is 1.58 bits per heavy atom. The van der Waals surface area contributed by atoms with Gasteiger partial charge in [0.05, 0.1) is 7.05 Å². The van der Waals surface area contributed by atoms with Crippen molar-refractivity contribution in [3.63, 3.8) is 0 Å². The number of likely N-dealkylation sites (tertiary alicyclic amines) is 1. The first-order valence-electron chi connectivity index (χ1n) is 6.25. The van der Waals surface area contributed by atoms with Crippen LogP contribution in [0.15, 0.2) is 12.1 Å². The standard InChI is InChI=1S/C12H17N3O4/c1-13-10(2-3-11(13)15(18)19)12(17)14-6-4-9(8-14)5-7-16/h2-3,9,16H,4-8H2,1H3. The molecule has 7 heteroatoms. The van der Waals surface area contributed by atoms with Gasteiger partial charge in [-0.05, 0) is 29.7 Å². The molecule has 0 aromatic carbocycles. The molecular formula is C12H17N3O4. The van der Waals surface area contributed by atoms with Gasteiger partial charge in [-0.2, -0.15) is 0 Å². The van der Waals surface area contributed by atoms with Gasteiger partial charge in [-0.25, -0.2) is 4.57 Å². The molecule has 1 aliphatic rings. The summed E-state index contributed by atoms with van der Waals surface area (Å²) in [6.45, 7) is 1.38. The van der Waals surface area contributed by atoms with Gasteiger partial charge in [0.15, 0.2) is 5.69 Å². The van der Waals surface area contributed by atoms with E-state index >= 15 is 0 Å². The normalized spacial score (nSPS) is 18.8. The number of rotatable bonds is 4. The highest BCUT2D eigenvalue weighted by molar-refractivity contribution is 5.93. The maximum absolute atomic E-state index is 12.3. The average Bonchev–Trinajstić information content (AvgIpc) is 2.95. The zero-order chi connectivity index (χ0) is 14.0. The van der Waals surface area contributed by atoms with Gasteiger partial charge < -0.3 is 20.1 Å². The SMILES string of the molecule is Cn1c(C(=O)N2CCC(CCO)C2)ccc1[N+](=O)[O-]. The number of aliphatic hydroxyl groups is 1. The topological polar surface area (TPSA) is 88.6 Å². The van der Waals surface area contributed by atoms with Gasteiger partial charge in [0.1, 0.15) is 0 Å². The van der Waals surface area contributed by atoms with Crippen molar-refractivity contribution in [1.29, 1.82) is 0 Å². The van der Waals surface area contributed by atoms with Crippen molar-refractivity contribution >= 4 is 11.7 Å². The molecule has 1 aliphatic heterocycles. The van der Waals surface area contributed by atoms with Gasteiger partial charge in [-0.3, -0.25) is 4.79 Å². The van der Waals surface area contributed by atoms with Crippen molar-refractivity contribution in [3.05, 3.63) is 27.9 Å². The van der Waals surface area contributed by atoms with Crippen LogP contribution in [0.1, 0.15) is 23.3 Å². The molecule has 0 bridgehead atoms. The lowest BCUT2D eigenvalue weighted by Gasteiger charge is -2.15. The first-order chi connectivity index (χ1) is 9.04. The number of nitrogens with zero attached hydrogens (tertiary/aromatic N) is 3. The molecule has 2 heterocycles. The van der Waals surface area contributed by atoms with Crippen LogP contribution in [0.25, 0.3) is 0 Å². The maximum atomic E-state index is 12.3. The third-order valence-corrected chi connectivity index (χ3v) is 3.61. The Balaban J connectivity index is 2.11. The molecule has 7 nitrogen and oxygen atoms in total. The number of hydrogen-bond donors (Lipinski definition) is 1. The van der Waals surface area contributed by atoms with Gasteiger partial charge in [0.2, 0.25) is 0 Å². The lowest BCUT2D eigenvalue weighted by molar-refractivity contribution is -0.391. The minimum atomic E-state index is -0.505. The second kappa shape index (κ2) is 5.40. The molecule has 0 spiro atoms. The monoisotopic (exact) mass is 267 g/mol. The van der Waals surface area contributed by atoms with Crippen LogP contribution in [0, 0.1) is 16.0 Å². The van der Waals surface area contributed by atoms with E-state index in [1.54, 1.807) is 4.90 Å². The zero-order valence-electron chi connectivity index (χ0n) is 10.8. The smallest absolute Gasteiger partial charge is 0.323 e. The lowest BCUT2D eigenvalue weighted by Crippen LogP contribution is -2.30. The largest absolute Gasteiger partial charge is 0.396 e. The molecule has 104 valence electrons. The molecular weight excluding hydrogens is 250 g/mol. The van der Waals surface area contributed by atoms with Crippen molar-refractivity contribution in [2.45, 2.75) is 12.8 Å². The summed E-state index contributed by atoms with van der Waals surface area (Å²) in [5.41, 5.74) is 0.330. The number of nitro groups is 1. The second-order valence-corrected chi connectivity index (χ2v) is 4.81. The van der Waals surface area contributed by atoms with E-state index in [1.807, 2.05) is 0 Å². The molecule has 0 radical (unpaired) electrons. The summed E-state index contributed by atoms with van der Waals surface area (Å²) in [4.78, 5) is 24.2. The first kappa shape index (κ1) is 13.5. The van der Waals surface area contributed by atoms with E-state index in [0.29, 0.717) is 31.1 Å². The summed E-state index contributed by atoms with van der Waals surface area (Å²) in [5, 5.41) is 19.6. The fourth-order valence-corrected chi connectivity index (χ4v) is 2.50. The molecule has 19 heavy (non-hydrogen) atoms. The summed E-state index contributed by atoms with van der Waals surface area (Å²) in [6.07, 6.45) is 1.57. The van der Waals surface area contributed by atoms with Crippen molar-refractivity contribution in [3.8, 4) is 0 Å². The zero-order valence-corrected chi connectivity index (χ0v) is 10.8. The van der Waals surface area contributed by atoms with Crippen LogP contribution in [0.3, 0.4) is 0 Å². The van der Waals surface area contributed by atoms with Gasteiger partial charge in [0, 0.05) is 25.8 Å². The summed E-state index contributed by atoms with van der Waals surface area (Å²) in [7, 11) is 1.52. The molecule has 1 saturated heterocycles. The highest BCUT2D eigenvalue weighted by atomic mass is 16.6. The minimum Gasteiger partial charge on any atom is -0.396 e. The first-order valence-corrected chi connectivity index (χ1v) is 6.25. The minimum absolute atomic E-state index is 0.0885. The predicted octanol–water partition coefficient (Wildman–Crippen LogP) is 0.778. The van der Waals surface area contributed by atoms with Crippen LogP contribution in [0.5, 0.6) is 0 Å². The molecule has 1 fully saturated rings. The Bertz CT molecular complexity index is 497. The maximum Gasteiger partial charge on any atom is 0.323 e. The fourth-order valence-electron chi connectivity index (χ4n) is 2.50. The number of hydrogen-bond acceptors (Lipinski definition) is 4. The Labute approximate surface area is 110 Å². The van der Waals surface area contributed by atoms with Crippen LogP contribution < -0.4 is 0 Å². The van der Waals surface area contributed by atoms with Gasteiger partial charge in [-0.15, -0.1) is 0 Å². The van der Waals surface area contributed by atoms with E-state index in [4.69, 9.17) is 5.11 Å². The number of aliphatic hydroxyl groups excluding tert-OH is 1. The molecule has 1 aromatic rings. The quantitative estimate of drug-likeness (QED) is 0.645. The Morgan fingerprint density at radius 2 is 2.32 bits per heavy atom. The number of carbonyl (C=O) groups is 1. The van der Waals surface area contributed by atoms with E-state index in [1.165, 1.54) is 23.7 Å². The van der Waals surface area contributed by atoms with Gasteiger partial charge in [-0.1, -0.05) is 0 Å². The Kier molecular flexibility index (Phi) is 3.84. The Hall–Kier alpha value is -1.89. The van der Waals surface area contributed by atoms with Crippen LogP contribution in [-0.2, 0) is 7.05 Å². The highest BCUT2D eigenvalue weighted by Crippen LogP contribution is 2.23. The van der Waals surface area contributed by atoms with Crippen molar-refractivity contribution < 1.29 is 14.8 Å². The predicted molar refractivity (Wildman–Crippen MR) is 67.8 cm³/mol. The van der Waals surface area contributed by atoms with Crippen LogP contribution in [-0.4, -0.2) is 45.1 Å². The van der Waals surface area contributed by atoms with Gasteiger partial charge >= 0.3 is 5.82 Å². The van der Waals surface area contributed by atoms with Crippen molar-refractivity contribution in [2.75, 3.05) is 19.7 Å². The van der Waals surface area contributed by atoms with E-state index in [-0.39, 0.29) is 18.3 Å². The summed E-state index contributed by atoms with van der Waals surface area (Å²) in [5.74, 6) is 0.0506. The highest BCUT2D eigenvalue weighted by Gasteiger charge is 2.30. The van der Waals surface area contributed by atoms with Crippen molar-refractivity contribution in [2.24, 2.45) is 13.0 Å². The third-order valence-electron chi connectivity index (χ3n) is 3.61. The molecule has 1 aromatic heterocycles.